The Morgan fingerprint density at radius 3 is 2.30 bits per heavy atom. The molecule has 0 aliphatic heterocycles. The van der Waals surface area contributed by atoms with Crippen molar-refractivity contribution in [3.63, 3.8) is 0 Å². The number of nitrogens with one attached hydrogen (secondary N) is 3. The van der Waals surface area contributed by atoms with Crippen molar-refractivity contribution in [3.05, 3.63) is 54.4 Å². The number of aromatic nitrogens is 1. The predicted octanol–water partition coefficient (Wildman–Crippen LogP) is 1.59. The van der Waals surface area contributed by atoms with Crippen molar-refractivity contribution in [2.75, 3.05) is 11.9 Å². The van der Waals surface area contributed by atoms with Gasteiger partial charge in [-0.05, 0) is 48.9 Å². The van der Waals surface area contributed by atoms with E-state index in [0.717, 1.165) is 5.56 Å². The van der Waals surface area contributed by atoms with Gasteiger partial charge in [0.2, 0.25) is 21.8 Å². The molecule has 9 heteroatoms. The summed E-state index contributed by atoms with van der Waals surface area (Å²) in [7, 11) is -3.73. The van der Waals surface area contributed by atoms with Crippen molar-refractivity contribution in [2.45, 2.75) is 31.2 Å². The van der Waals surface area contributed by atoms with Crippen LogP contribution in [0.2, 0.25) is 0 Å². The lowest BCUT2D eigenvalue weighted by atomic mass is 10.1. The molecule has 0 unspecified atom stereocenters. The number of amides is 2. The maximum Gasteiger partial charge on any atom is 0.240 e. The molecule has 1 atom stereocenters. The zero-order valence-corrected chi connectivity index (χ0v) is 15.9. The van der Waals surface area contributed by atoms with Crippen molar-refractivity contribution in [1.82, 2.24) is 15.0 Å². The molecule has 8 nitrogen and oxygen atoms in total. The van der Waals surface area contributed by atoms with Crippen LogP contribution in [0.3, 0.4) is 0 Å². The first-order valence-corrected chi connectivity index (χ1v) is 9.83. The SMILES string of the molecule is CC(=O)Nc1ccc(S(=O)(=O)NCCC(=O)N[C@@H](C)c2ccncc2)cc1. The van der Waals surface area contributed by atoms with E-state index in [1.165, 1.54) is 31.2 Å². The van der Waals surface area contributed by atoms with Gasteiger partial charge >= 0.3 is 0 Å². The number of hydrogen-bond acceptors (Lipinski definition) is 5. The number of nitrogens with zero attached hydrogens (tertiary/aromatic N) is 1. The summed E-state index contributed by atoms with van der Waals surface area (Å²) in [5, 5.41) is 5.37. The summed E-state index contributed by atoms with van der Waals surface area (Å²) >= 11 is 0. The van der Waals surface area contributed by atoms with Crippen LogP contribution in [0.25, 0.3) is 0 Å². The second kappa shape index (κ2) is 9.24. The largest absolute Gasteiger partial charge is 0.350 e. The van der Waals surface area contributed by atoms with Gasteiger partial charge in [-0.25, -0.2) is 13.1 Å². The van der Waals surface area contributed by atoms with E-state index in [1.807, 2.05) is 6.92 Å². The van der Waals surface area contributed by atoms with Crippen LogP contribution in [-0.2, 0) is 19.6 Å². The third kappa shape index (κ3) is 6.46. The molecule has 0 radical (unpaired) electrons. The number of benzene rings is 1. The van der Waals surface area contributed by atoms with Crippen molar-refractivity contribution >= 4 is 27.5 Å². The Bertz CT molecular complexity index is 883. The molecule has 0 spiro atoms. The summed E-state index contributed by atoms with van der Waals surface area (Å²) in [4.78, 5) is 27.0. The monoisotopic (exact) mass is 390 g/mol. The van der Waals surface area contributed by atoms with E-state index >= 15 is 0 Å². The summed E-state index contributed by atoms with van der Waals surface area (Å²) in [5.41, 5.74) is 1.42. The van der Waals surface area contributed by atoms with Crippen LogP contribution in [0.1, 0.15) is 31.9 Å². The van der Waals surface area contributed by atoms with E-state index in [4.69, 9.17) is 0 Å². The Morgan fingerprint density at radius 2 is 1.70 bits per heavy atom. The predicted molar refractivity (Wildman–Crippen MR) is 101 cm³/mol. The zero-order chi connectivity index (χ0) is 19.9. The van der Waals surface area contributed by atoms with Gasteiger partial charge in [0, 0.05) is 38.0 Å². The minimum Gasteiger partial charge on any atom is -0.350 e. The van der Waals surface area contributed by atoms with Crippen molar-refractivity contribution in [2.24, 2.45) is 0 Å². The molecule has 0 bridgehead atoms. The Kier molecular flexibility index (Phi) is 7.03. The van der Waals surface area contributed by atoms with Crippen LogP contribution in [0, 0.1) is 0 Å². The van der Waals surface area contributed by atoms with Crippen LogP contribution in [0.4, 0.5) is 5.69 Å². The third-order valence-corrected chi connectivity index (χ3v) is 5.19. The first kappa shape index (κ1) is 20.5. The molecule has 0 aliphatic carbocycles. The fourth-order valence-electron chi connectivity index (χ4n) is 2.35. The number of hydrogen-bond donors (Lipinski definition) is 3. The van der Waals surface area contributed by atoms with Gasteiger partial charge in [-0.15, -0.1) is 0 Å². The number of anilines is 1. The first-order valence-electron chi connectivity index (χ1n) is 8.34. The highest BCUT2D eigenvalue weighted by atomic mass is 32.2. The lowest BCUT2D eigenvalue weighted by Crippen LogP contribution is -2.32. The molecule has 1 heterocycles. The minimum absolute atomic E-state index is 0.0125. The molecule has 2 amide bonds. The molecule has 0 aliphatic rings. The molecule has 2 aromatic rings. The molecule has 2 rings (SSSR count). The summed E-state index contributed by atoms with van der Waals surface area (Å²) in [6, 6.07) is 9.19. The normalized spacial score (nSPS) is 12.2. The second-order valence-electron chi connectivity index (χ2n) is 5.92. The van der Waals surface area contributed by atoms with Crippen LogP contribution in [0.15, 0.2) is 53.7 Å². The summed E-state index contributed by atoms with van der Waals surface area (Å²) in [6.07, 6.45) is 3.30. The van der Waals surface area contributed by atoms with E-state index in [2.05, 4.69) is 20.3 Å². The van der Waals surface area contributed by atoms with Crippen LogP contribution < -0.4 is 15.4 Å². The molecule has 0 fully saturated rings. The number of carbonyl (C=O) groups is 2. The smallest absolute Gasteiger partial charge is 0.240 e. The molecular weight excluding hydrogens is 368 g/mol. The molecule has 3 N–H and O–H groups in total. The number of pyridine rings is 1. The molecular formula is C18H22N4O4S. The van der Waals surface area contributed by atoms with Crippen molar-refractivity contribution < 1.29 is 18.0 Å². The fraction of sp³-hybridized carbons (Fsp3) is 0.278. The van der Waals surface area contributed by atoms with Crippen LogP contribution >= 0.6 is 0 Å². The van der Waals surface area contributed by atoms with Gasteiger partial charge in [0.25, 0.3) is 0 Å². The van der Waals surface area contributed by atoms with Gasteiger partial charge in [-0.3, -0.25) is 14.6 Å². The maximum absolute atomic E-state index is 12.3. The maximum atomic E-state index is 12.3. The quantitative estimate of drug-likeness (QED) is 0.633. The topological polar surface area (TPSA) is 117 Å². The van der Waals surface area contributed by atoms with E-state index < -0.39 is 10.0 Å². The number of rotatable bonds is 8. The van der Waals surface area contributed by atoms with Crippen LogP contribution in [0.5, 0.6) is 0 Å². The van der Waals surface area contributed by atoms with Gasteiger partial charge in [-0.2, -0.15) is 0 Å². The molecule has 0 saturated heterocycles. The van der Waals surface area contributed by atoms with E-state index in [1.54, 1.807) is 24.5 Å². The Balaban J connectivity index is 1.84. The van der Waals surface area contributed by atoms with Crippen molar-refractivity contribution in [1.29, 1.82) is 0 Å². The minimum atomic E-state index is -3.73. The van der Waals surface area contributed by atoms with E-state index in [0.29, 0.717) is 5.69 Å². The van der Waals surface area contributed by atoms with Gasteiger partial charge < -0.3 is 10.6 Å². The van der Waals surface area contributed by atoms with E-state index in [-0.39, 0.29) is 35.7 Å². The Morgan fingerprint density at radius 1 is 1.07 bits per heavy atom. The highest BCUT2D eigenvalue weighted by Crippen LogP contribution is 2.14. The van der Waals surface area contributed by atoms with Crippen molar-refractivity contribution in [3.8, 4) is 0 Å². The lowest BCUT2D eigenvalue weighted by molar-refractivity contribution is -0.121. The molecule has 144 valence electrons. The summed E-state index contributed by atoms with van der Waals surface area (Å²) in [6.45, 7) is 3.19. The molecule has 1 aromatic heterocycles. The fourth-order valence-corrected chi connectivity index (χ4v) is 3.38. The lowest BCUT2D eigenvalue weighted by Gasteiger charge is -2.14. The average molecular weight is 390 g/mol. The van der Waals surface area contributed by atoms with Gasteiger partial charge in [0.05, 0.1) is 10.9 Å². The summed E-state index contributed by atoms with van der Waals surface area (Å²) < 4.78 is 26.9. The summed E-state index contributed by atoms with van der Waals surface area (Å²) in [5.74, 6) is -0.501. The highest BCUT2D eigenvalue weighted by Gasteiger charge is 2.15. The number of sulfonamides is 1. The highest BCUT2D eigenvalue weighted by molar-refractivity contribution is 7.89. The first-order chi connectivity index (χ1) is 12.8. The van der Waals surface area contributed by atoms with Crippen LogP contribution in [-0.4, -0.2) is 31.8 Å². The Hall–Kier alpha value is -2.78. The standard InChI is InChI=1S/C18H22N4O4S/c1-13(15-7-10-19-11-8-15)21-18(24)9-12-20-27(25,26)17-5-3-16(4-6-17)22-14(2)23/h3-8,10-11,13,20H,9,12H2,1-2H3,(H,21,24)(H,22,23)/t13-/m0/s1. The molecule has 0 saturated carbocycles. The molecule has 1 aromatic carbocycles. The second-order valence-corrected chi connectivity index (χ2v) is 7.69. The zero-order valence-electron chi connectivity index (χ0n) is 15.1. The van der Waals surface area contributed by atoms with Gasteiger partial charge in [0.15, 0.2) is 0 Å². The third-order valence-electron chi connectivity index (χ3n) is 3.71. The Labute approximate surface area is 158 Å². The number of carbonyl (C=O) groups excluding carboxylic acids is 2. The van der Waals surface area contributed by atoms with Gasteiger partial charge in [0.1, 0.15) is 0 Å². The average Bonchev–Trinajstić information content (AvgIpc) is 2.62. The van der Waals surface area contributed by atoms with E-state index in [9.17, 15) is 18.0 Å². The van der Waals surface area contributed by atoms with Gasteiger partial charge in [-0.1, -0.05) is 0 Å². The molecule has 27 heavy (non-hydrogen) atoms.